The van der Waals surface area contributed by atoms with Gasteiger partial charge in [-0.1, -0.05) is 19.8 Å². The summed E-state index contributed by atoms with van der Waals surface area (Å²) in [4.78, 5) is 11.5. The quantitative estimate of drug-likeness (QED) is 0.639. The number of nitrogens with one attached hydrogen (secondary N) is 1. The summed E-state index contributed by atoms with van der Waals surface area (Å²) in [5, 5.41) is 12.5. The average Bonchev–Trinajstić information content (AvgIpc) is 2.21. The second kappa shape index (κ2) is 6.08. The third-order valence-electron chi connectivity index (χ3n) is 3.05. The molecule has 0 heterocycles. The van der Waals surface area contributed by atoms with Crippen molar-refractivity contribution in [3.05, 3.63) is 0 Å². The number of amides is 1. The maximum Gasteiger partial charge on any atom is 0.221 e. The van der Waals surface area contributed by atoms with E-state index in [0.717, 1.165) is 32.1 Å². The van der Waals surface area contributed by atoms with E-state index in [1.54, 1.807) is 0 Å². The maximum absolute atomic E-state index is 11.5. The Morgan fingerprint density at radius 2 is 2.20 bits per heavy atom. The first-order chi connectivity index (χ1) is 7.13. The van der Waals surface area contributed by atoms with Crippen LogP contribution in [0.3, 0.4) is 0 Å². The molecule has 4 heteroatoms. The van der Waals surface area contributed by atoms with Crippen molar-refractivity contribution >= 4 is 5.91 Å². The first-order valence-corrected chi connectivity index (χ1v) is 5.86. The van der Waals surface area contributed by atoms with Gasteiger partial charge >= 0.3 is 0 Å². The van der Waals surface area contributed by atoms with Gasteiger partial charge in [0, 0.05) is 12.5 Å². The predicted octanol–water partition coefficient (Wildman–Crippen LogP) is 0.533. The summed E-state index contributed by atoms with van der Waals surface area (Å²) < 4.78 is 0. The zero-order chi connectivity index (χ0) is 11.3. The summed E-state index contributed by atoms with van der Waals surface area (Å²) in [6.45, 7) is 1.97. The van der Waals surface area contributed by atoms with Gasteiger partial charge in [0.2, 0.25) is 5.91 Å². The fourth-order valence-corrected chi connectivity index (χ4v) is 1.93. The van der Waals surface area contributed by atoms with Gasteiger partial charge in [-0.2, -0.15) is 0 Å². The van der Waals surface area contributed by atoms with Crippen molar-refractivity contribution in [2.24, 2.45) is 5.73 Å². The van der Waals surface area contributed by atoms with Gasteiger partial charge < -0.3 is 16.2 Å². The van der Waals surface area contributed by atoms with Crippen LogP contribution < -0.4 is 11.1 Å². The molecule has 1 saturated carbocycles. The van der Waals surface area contributed by atoms with Crippen LogP contribution in [0.25, 0.3) is 0 Å². The predicted molar refractivity (Wildman–Crippen MR) is 59.3 cm³/mol. The van der Waals surface area contributed by atoms with Crippen LogP contribution in [-0.2, 0) is 4.79 Å². The van der Waals surface area contributed by atoms with Crippen LogP contribution in [0.1, 0.15) is 45.4 Å². The number of nitrogens with two attached hydrogens (primary N) is 1. The van der Waals surface area contributed by atoms with E-state index in [-0.39, 0.29) is 24.1 Å². The zero-order valence-corrected chi connectivity index (χ0v) is 9.41. The molecule has 4 nitrogen and oxygen atoms in total. The Labute approximate surface area is 91.2 Å². The van der Waals surface area contributed by atoms with Gasteiger partial charge in [0.15, 0.2) is 0 Å². The average molecular weight is 214 g/mol. The molecule has 1 aliphatic carbocycles. The van der Waals surface area contributed by atoms with Crippen LogP contribution >= 0.6 is 0 Å². The van der Waals surface area contributed by atoms with E-state index in [9.17, 15) is 9.90 Å². The first-order valence-electron chi connectivity index (χ1n) is 5.86. The molecular formula is C11H22N2O2. The van der Waals surface area contributed by atoms with Crippen LogP contribution in [0.4, 0.5) is 0 Å². The fourth-order valence-electron chi connectivity index (χ4n) is 1.93. The van der Waals surface area contributed by atoms with E-state index in [1.165, 1.54) is 0 Å². The van der Waals surface area contributed by atoms with Crippen molar-refractivity contribution in [3.8, 4) is 0 Å². The van der Waals surface area contributed by atoms with Crippen LogP contribution in [0.5, 0.6) is 0 Å². The second-order valence-electron chi connectivity index (χ2n) is 4.40. The van der Waals surface area contributed by atoms with Gasteiger partial charge in [0.25, 0.3) is 0 Å². The van der Waals surface area contributed by atoms with Crippen molar-refractivity contribution in [1.82, 2.24) is 5.32 Å². The summed E-state index contributed by atoms with van der Waals surface area (Å²) in [6, 6.07) is -0.124. The zero-order valence-electron chi connectivity index (χ0n) is 9.41. The lowest BCUT2D eigenvalue weighted by Gasteiger charge is -2.28. The lowest BCUT2D eigenvalue weighted by atomic mass is 9.92. The molecule has 0 radical (unpaired) electrons. The molecule has 15 heavy (non-hydrogen) atoms. The Morgan fingerprint density at radius 1 is 1.53 bits per heavy atom. The third-order valence-corrected chi connectivity index (χ3v) is 3.05. The molecule has 0 saturated heterocycles. The number of hydrogen-bond donors (Lipinski definition) is 3. The van der Waals surface area contributed by atoms with E-state index in [4.69, 9.17) is 5.73 Å². The van der Waals surface area contributed by atoms with Gasteiger partial charge in [0.1, 0.15) is 0 Å². The molecular weight excluding hydrogens is 192 g/mol. The Hall–Kier alpha value is -0.610. The number of hydrogen-bond acceptors (Lipinski definition) is 3. The monoisotopic (exact) mass is 214 g/mol. The Morgan fingerprint density at radius 3 is 2.80 bits per heavy atom. The third kappa shape index (κ3) is 4.18. The van der Waals surface area contributed by atoms with Crippen LogP contribution in [0.2, 0.25) is 0 Å². The van der Waals surface area contributed by atoms with Crippen molar-refractivity contribution in [1.29, 1.82) is 0 Å². The lowest BCUT2D eigenvalue weighted by molar-refractivity contribution is -0.123. The molecule has 0 aromatic rings. The number of carbonyl (C=O) groups is 1. The second-order valence-corrected chi connectivity index (χ2v) is 4.40. The molecule has 4 N–H and O–H groups in total. The number of carbonyl (C=O) groups excluding carboxylic acids is 1. The van der Waals surface area contributed by atoms with Crippen LogP contribution in [-0.4, -0.2) is 29.2 Å². The first kappa shape index (κ1) is 12.5. The normalized spacial score (nSPS) is 28.5. The van der Waals surface area contributed by atoms with Crippen LogP contribution in [0, 0.1) is 0 Å². The van der Waals surface area contributed by atoms with Gasteiger partial charge in [-0.05, 0) is 19.3 Å². The number of aliphatic hydroxyl groups excluding tert-OH is 1. The largest absolute Gasteiger partial charge is 0.391 e. The lowest BCUT2D eigenvalue weighted by Crippen LogP contribution is -2.46. The molecule has 0 aliphatic heterocycles. The molecule has 0 aromatic heterocycles. The molecule has 0 bridgehead atoms. The van der Waals surface area contributed by atoms with Crippen LogP contribution in [0.15, 0.2) is 0 Å². The summed E-state index contributed by atoms with van der Waals surface area (Å²) in [7, 11) is 0. The van der Waals surface area contributed by atoms with Crippen molar-refractivity contribution in [2.45, 2.75) is 63.6 Å². The molecule has 1 aliphatic rings. The van der Waals surface area contributed by atoms with Crippen molar-refractivity contribution < 1.29 is 9.90 Å². The van der Waals surface area contributed by atoms with Gasteiger partial charge in [-0.3, -0.25) is 4.79 Å². The summed E-state index contributed by atoms with van der Waals surface area (Å²) in [5.41, 5.74) is 5.69. The summed E-state index contributed by atoms with van der Waals surface area (Å²) in [5.74, 6) is -0.0321. The topological polar surface area (TPSA) is 75.4 Å². The standard InChI is InChI=1S/C11H22N2O2/c1-2-8(12)7-11(15)13-9-5-3-4-6-10(9)14/h8-10,14H,2-7,12H2,1H3,(H,13,15). The minimum absolute atomic E-state index is 0.0321. The molecule has 3 unspecified atom stereocenters. The van der Waals surface area contributed by atoms with Crippen molar-refractivity contribution in [2.75, 3.05) is 0 Å². The van der Waals surface area contributed by atoms with E-state index < -0.39 is 0 Å². The van der Waals surface area contributed by atoms with E-state index >= 15 is 0 Å². The minimum atomic E-state index is -0.374. The highest BCUT2D eigenvalue weighted by Gasteiger charge is 2.24. The van der Waals surface area contributed by atoms with Gasteiger partial charge in [-0.25, -0.2) is 0 Å². The molecule has 1 fully saturated rings. The fraction of sp³-hybridized carbons (Fsp3) is 0.909. The molecule has 0 aromatic carbocycles. The van der Waals surface area contributed by atoms with E-state index in [2.05, 4.69) is 5.32 Å². The van der Waals surface area contributed by atoms with E-state index in [0.29, 0.717) is 6.42 Å². The highest BCUT2D eigenvalue weighted by Crippen LogP contribution is 2.18. The van der Waals surface area contributed by atoms with Gasteiger partial charge in [0.05, 0.1) is 12.1 Å². The molecule has 0 spiro atoms. The number of aliphatic hydroxyl groups is 1. The molecule has 1 rings (SSSR count). The SMILES string of the molecule is CCC(N)CC(=O)NC1CCCCC1O. The highest BCUT2D eigenvalue weighted by atomic mass is 16.3. The molecule has 88 valence electrons. The van der Waals surface area contributed by atoms with E-state index in [1.807, 2.05) is 6.92 Å². The Balaban J connectivity index is 2.29. The number of rotatable bonds is 4. The molecule has 3 atom stereocenters. The highest BCUT2D eigenvalue weighted by molar-refractivity contribution is 5.76. The maximum atomic E-state index is 11.5. The molecule has 1 amide bonds. The Bertz CT molecular complexity index is 209. The Kier molecular flexibility index (Phi) is 5.05. The van der Waals surface area contributed by atoms with Gasteiger partial charge in [-0.15, -0.1) is 0 Å². The summed E-state index contributed by atoms with van der Waals surface area (Å²) >= 11 is 0. The van der Waals surface area contributed by atoms with Crippen molar-refractivity contribution in [3.63, 3.8) is 0 Å². The summed E-state index contributed by atoms with van der Waals surface area (Å²) in [6.07, 6.45) is 4.61. The smallest absolute Gasteiger partial charge is 0.221 e. The minimum Gasteiger partial charge on any atom is -0.391 e.